The number of aliphatic carboxylic acids is 1. The molecule has 0 aromatic carbocycles. The molecule has 6 heteroatoms. The van der Waals surface area contributed by atoms with Crippen LogP contribution in [0.4, 0.5) is 4.79 Å². The van der Waals surface area contributed by atoms with Crippen molar-refractivity contribution in [2.45, 2.75) is 58.0 Å². The third kappa shape index (κ3) is 6.50. The average Bonchev–Trinajstić information content (AvgIpc) is 2.39. The fraction of sp³-hybridized carbons (Fsp3) is 0.857. The fourth-order valence-corrected chi connectivity index (χ4v) is 3.28. The first-order valence-electron chi connectivity index (χ1n) is 7.40. The highest BCUT2D eigenvalue weighted by Crippen LogP contribution is 2.24. The summed E-state index contributed by atoms with van der Waals surface area (Å²) in [5, 5.41) is 14.8. The summed E-state index contributed by atoms with van der Waals surface area (Å²) < 4.78 is 0. The molecule has 5 nitrogen and oxygen atoms in total. The van der Waals surface area contributed by atoms with Crippen LogP contribution >= 0.6 is 11.8 Å². The Labute approximate surface area is 125 Å². The molecule has 0 heterocycles. The molecule has 3 N–H and O–H groups in total. The van der Waals surface area contributed by atoms with Crippen LogP contribution in [0.3, 0.4) is 0 Å². The molecule has 1 aliphatic carbocycles. The van der Waals surface area contributed by atoms with Crippen LogP contribution in [0.5, 0.6) is 0 Å². The molecule has 1 fully saturated rings. The molecular formula is C14H26N2O3S. The largest absolute Gasteiger partial charge is 0.481 e. The second-order valence-electron chi connectivity index (χ2n) is 5.40. The number of thioether (sulfide) groups is 1. The molecule has 0 spiro atoms. The molecule has 0 saturated heterocycles. The van der Waals surface area contributed by atoms with Crippen molar-refractivity contribution < 1.29 is 14.7 Å². The minimum atomic E-state index is -0.748. The van der Waals surface area contributed by atoms with Crippen LogP contribution in [0, 0.1) is 5.92 Å². The van der Waals surface area contributed by atoms with E-state index in [2.05, 4.69) is 17.6 Å². The molecule has 0 bridgehead atoms. The SMILES string of the molecule is CCSCCC(C)NC(=O)NC1CCCC(C(=O)O)C1. The van der Waals surface area contributed by atoms with Gasteiger partial charge in [0.25, 0.3) is 0 Å². The maximum atomic E-state index is 11.9. The monoisotopic (exact) mass is 302 g/mol. The summed E-state index contributed by atoms with van der Waals surface area (Å²) in [4.78, 5) is 22.8. The van der Waals surface area contributed by atoms with Crippen LogP contribution in [0.1, 0.15) is 46.0 Å². The van der Waals surface area contributed by atoms with Gasteiger partial charge in [0.15, 0.2) is 0 Å². The summed E-state index contributed by atoms with van der Waals surface area (Å²) in [5.41, 5.74) is 0. The molecule has 116 valence electrons. The second kappa shape index (κ2) is 9.10. The molecule has 3 atom stereocenters. The van der Waals surface area contributed by atoms with Gasteiger partial charge in [0.1, 0.15) is 0 Å². The van der Waals surface area contributed by atoms with Crippen molar-refractivity contribution in [3.8, 4) is 0 Å². The minimum absolute atomic E-state index is 0.0120. The van der Waals surface area contributed by atoms with E-state index in [0.717, 1.165) is 37.2 Å². The number of urea groups is 1. The lowest BCUT2D eigenvalue weighted by molar-refractivity contribution is -0.143. The highest BCUT2D eigenvalue weighted by atomic mass is 32.2. The molecule has 1 aliphatic rings. The number of carboxylic acids is 1. The Morgan fingerprint density at radius 3 is 2.80 bits per heavy atom. The van der Waals surface area contributed by atoms with E-state index in [-0.39, 0.29) is 24.0 Å². The number of hydrogen-bond acceptors (Lipinski definition) is 3. The topological polar surface area (TPSA) is 78.4 Å². The maximum Gasteiger partial charge on any atom is 0.315 e. The molecule has 0 aromatic heterocycles. The number of carbonyl (C=O) groups is 2. The molecule has 1 saturated carbocycles. The molecule has 0 aliphatic heterocycles. The van der Waals surface area contributed by atoms with Crippen LogP contribution < -0.4 is 10.6 Å². The van der Waals surface area contributed by atoms with Gasteiger partial charge in [0.2, 0.25) is 0 Å². The second-order valence-corrected chi connectivity index (χ2v) is 6.80. The Kier molecular flexibility index (Phi) is 7.80. The molecule has 2 amide bonds. The predicted molar refractivity (Wildman–Crippen MR) is 82.1 cm³/mol. The molecule has 20 heavy (non-hydrogen) atoms. The van der Waals surface area contributed by atoms with E-state index in [4.69, 9.17) is 5.11 Å². The van der Waals surface area contributed by atoms with Gasteiger partial charge < -0.3 is 15.7 Å². The van der Waals surface area contributed by atoms with Gasteiger partial charge >= 0.3 is 12.0 Å². The van der Waals surface area contributed by atoms with Crippen LogP contribution in [-0.4, -0.2) is 40.7 Å². The van der Waals surface area contributed by atoms with Gasteiger partial charge in [0.05, 0.1) is 5.92 Å². The summed E-state index contributed by atoms with van der Waals surface area (Å²) >= 11 is 1.87. The first-order chi connectivity index (χ1) is 9.52. The number of amides is 2. The third-order valence-corrected chi connectivity index (χ3v) is 4.57. The highest BCUT2D eigenvalue weighted by molar-refractivity contribution is 7.99. The Morgan fingerprint density at radius 1 is 1.40 bits per heavy atom. The van der Waals surface area contributed by atoms with E-state index in [0.29, 0.717) is 6.42 Å². The lowest BCUT2D eigenvalue weighted by atomic mass is 9.86. The first-order valence-corrected chi connectivity index (χ1v) is 8.56. The van der Waals surface area contributed by atoms with Crippen LogP contribution in [0.2, 0.25) is 0 Å². The third-order valence-electron chi connectivity index (χ3n) is 3.64. The molecule has 1 rings (SSSR count). The number of hydrogen-bond donors (Lipinski definition) is 3. The van der Waals surface area contributed by atoms with Crippen LogP contribution in [0.15, 0.2) is 0 Å². The molecule has 0 radical (unpaired) electrons. The van der Waals surface area contributed by atoms with Crippen molar-refractivity contribution in [3.05, 3.63) is 0 Å². The normalized spacial score (nSPS) is 23.9. The Bertz CT molecular complexity index is 326. The lowest BCUT2D eigenvalue weighted by Gasteiger charge is -2.28. The Hall–Kier alpha value is -0.910. The number of rotatable bonds is 7. The summed E-state index contributed by atoms with van der Waals surface area (Å²) in [6.45, 7) is 4.12. The highest BCUT2D eigenvalue weighted by Gasteiger charge is 2.27. The van der Waals surface area contributed by atoms with Gasteiger partial charge in [-0.25, -0.2) is 4.79 Å². The van der Waals surface area contributed by atoms with Gasteiger partial charge in [-0.1, -0.05) is 13.3 Å². The Balaban J connectivity index is 2.25. The average molecular weight is 302 g/mol. The van der Waals surface area contributed by atoms with Gasteiger partial charge in [-0.05, 0) is 44.1 Å². The zero-order valence-electron chi connectivity index (χ0n) is 12.4. The van der Waals surface area contributed by atoms with Crippen molar-refractivity contribution in [2.75, 3.05) is 11.5 Å². The molecular weight excluding hydrogens is 276 g/mol. The van der Waals surface area contributed by atoms with Gasteiger partial charge in [-0.3, -0.25) is 4.79 Å². The van der Waals surface area contributed by atoms with Crippen molar-refractivity contribution in [1.29, 1.82) is 0 Å². The van der Waals surface area contributed by atoms with Gasteiger partial charge in [-0.15, -0.1) is 0 Å². The van der Waals surface area contributed by atoms with Crippen molar-refractivity contribution in [1.82, 2.24) is 10.6 Å². The van der Waals surface area contributed by atoms with Crippen molar-refractivity contribution in [2.24, 2.45) is 5.92 Å². The summed E-state index contributed by atoms with van der Waals surface area (Å²) in [7, 11) is 0. The lowest BCUT2D eigenvalue weighted by Crippen LogP contribution is -2.47. The number of nitrogens with one attached hydrogen (secondary N) is 2. The fourth-order valence-electron chi connectivity index (χ4n) is 2.47. The summed E-state index contributed by atoms with van der Waals surface area (Å²) in [5.74, 6) is 1.08. The summed E-state index contributed by atoms with van der Waals surface area (Å²) in [6.07, 6.45) is 3.96. The quantitative estimate of drug-likeness (QED) is 0.631. The Morgan fingerprint density at radius 2 is 2.15 bits per heavy atom. The van der Waals surface area contributed by atoms with E-state index in [9.17, 15) is 9.59 Å². The number of carboxylic acid groups (broad SMARTS) is 1. The van der Waals surface area contributed by atoms with E-state index >= 15 is 0 Å². The predicted octanol–water partition coefficient (Wildman–Crippen LogP) is 2.46. The zero-order chi connectivity index (χ0) is 15.0. The van der Waals surface area contributed by atoms with Crippen LogP contribution in [-0.2, 0) is 4.79 Å². The first kappa shape index (κ1) is 17.1. The smallest absolute Gasteiger partial charge is 0.315 e. The summed E-state index contributed by atoms with van der Waals surface area (Å²) in [6, 6.07) is -0.0370. The van der Waals surface area contributed by atoms with E-state index in [1.54, 1.807) is 0 Å². The van der Waals surface area contributed by atoms with E-state index in [1.165, 1.54) is 0 Å². The van der Waals surface area contributed by atoms with Crippen LogP contribution in [0.25, 0.3) is 0 Å². The molecule has 0 aromatic rings. The number of carbonyl (C=O) groups excluding carboxylic acids is 1. The van der Waals surface area contributed by atoms with Crippen molar-refractivity contribution >= 4 is 23.8 Å². The molecule has 3 unspecified atom stereocenters. The zero-order valence-corrected chi connectivity index (χ0v) is 13.2. The van der Waals surface area contributed by atoms with E-state index < -0.39 is 5.97 Å². The van der Waals surface area contributed by atoms with Crippen molar-refractivity contribution in [3.63, 3.8) is 0 Å². The maximum absolute atomic E-state index is 11.9. The standard InChI is InChI=1S/C14H26N2O3S/c1-3-20-8-7-10(2)15-14(19)16-12-6-4-5-11(9-12)13(17)18/h10-12H,3-9H2,1-2H3,(H,17,18)(H2,15,16,19). The van der Waals surface area contributed by atoms with E-state index in [1.807, 2.05) is 18.7 Å². The minimum Gasteiger partial charge on any atom is -0.481 e. The van der Waals surface area contributed by atoms with Gasteiger partial charge in [-0.2, -0.15) is 11.8 Å². The van der Waals surface area contributed by atoms with Gasteiger partial charge in [0, 0.05) is 12.1 Å².